The van der Waals surface area contributed by atoms with E-state index in [1.54, 1.807) is 18.3 Å². The maximum atomic E-state index is 12.8. The fourth-order valence-corrected chi connectivity index (χ4v) is 5.51. The van der Waals surface area contributed by atoms with Crippen LogP contribution in [0, 0.1) is 6.92 Å². The molecule has 42 heavy (non-hydrogen) atoms. The SMILES string of the molecule is C=CCc1cc(/C=N/NC(=O)c2ccc(-n3c(C)ccc3-c3ccccc3)cc2)cc(Br)c1OCc1ccccc1Cl. The van der Waals surface area contributed by atoms with Gasteiger partial charge in [-0.1, -0.05) is 66.2 Å². The largest absolute Gasteiger partial charge is 0.487 e. The standard InChI is InChI=1S/C35H29BrClN3O2/c1-3-9-28-20-25(21-31(36)34(28)42-23-29-12-7-8-13-32(29)37)22-38-39-35(41)27-15-17-30(18-16-27)40-24(2)14-19-33(40)26-10-5-4-6-11-26/h3-8,10-22H,1,9,23H2,2H3,(H,39,41)/b38-22+. The van der Waals surface area contributed by atoms with Gasteiger partial charge in [0.15, 0.2) is 0 Å². The lowest BCUT2D eigenvalue weighted by atomic mass is 10.1. The Bertz CT molecular complexity index is 1740. The second kappa shape index (κ2) is 13.5. The van der Waals surface area contributed by atoms with Crippen molar-refractivity contribution in [2.45, 2.75) is 20.0 Å². The van der Waals surface area contributed by atoms with Gasteiger partial charge in [0.1, 0.15) is 12.4 Å². The van der Waals surface area contributed by atoms with Gasteiger partial charge in [0, 0.05) is 27.5 Å². The molecule has 0 spiro atoms. The van der Waals surface area contributed by atoms with Crippen LogP contribution in [0.5, 0.6) is 5.75 Å². The number of carbonyl (C=O) groups excluding carboxylic acids is 1. The third-order valence-corrected chi connectivity index (χ3v) is 7.71. The molecule has 0 radical (unpaired) electrons. The molecule has 0 aliphatic rings. The van der Waals surface area contributed by atoms with E-state index in [2.05, 4.69) is 68.8 Å². The van der Waals surface area contributed by atoms with Crippen molar-refractivity contribution in [2.75, 3.05) is 0 Å². The first-order valence-corrected chi connectivity index (χ1v) is 14.6. The Labute approximate surface area is 259 Å². The van der Waals surface area contributed by atoms with Gasteiger partial charge < -0.3 is 9.30 Å². The number of amides is 1. The molecule has 0 aliphatic heterocycles. The molecule has 210 valence electrons. The lowest BCUT2D eigenvalue weighted by molar-refractivity contribution is 0.0955. The average molecular weight is 639 g/mol. The first kappa shape index (κ1) is 29.1. The van der Waals surface area contributed by atoms with E-state index < -0.39 is 0 Å². The molecule has 5 nitrogen and oxygen atoms in total. The van der Waals surface area contributed by atoms with Crippen LogP contribution < -0.4 is 10.2 Å². The van der Waals surface area contributed by atoms with Crippen LogP contribution in [0.3, 0.4) is 0 Å². The second-order valence-electron chi connectivity index (χ2n) is 9.67. The molecule has 0 unspecified atom stereocenters. The molecule has 0 aliphatic carbocycles. The van der Waals surface area contributed by atoms with Crippen molar-refractivity contribution in [3.05, 3.63) is 153 Å². The van der Waals surface area contributed by atoms with E-state index in [-0.39, 0.29) is 5.91 Å². The summed E-state index contributed by atoms with van der Waals surface area (Å²) in [6.07, 6.45) is 4.02. The van der Waals surface area contributed by atoms with E-state index in [1.807, 2.05) is 72.8 Å². The highest BCUT2D eigenvalue weighted by Gasteiger charge is 2.13. The van der Waals surface area contributed by atoms with Gasteiger partial charge in [0.25, 0.3) is 5.91 Å². The Morgan fingerprint density at radius 1 is 0.976 bits per heavy atom. The van der Waals surface area contributed by atoms with Gasteiger partial charge in [-0.2, -0.15) is 5.10 Å². The van der Waals surface area contributed by atoms with E-state index in [0.29, 0.717) is 29.4 Å². The summed E-state index contributed by atoms with van der Waals surface area (Å²) >= 11 is 9.91. The molecule has 1 heterocycles. The number of aryl methyl sites for hydroxylation is 1. The zero-order valence-electron chi connectivity index (χ0n) is 23.1. The van der Waals surface area contributed by atoms with E-state index in [0.717, 1.165) is 43.8 Å². The van der Waals surface area contributed by atoms with E-state index in [9.17, 15) is 4.79 Å². The van der Waals surface area contributed by atoms with Gasteiger partial charge in [-0.15, -0.1) is 6.58 Å². The van der Waals surface area contributed by atoms with Gasteiger partial charge >= 0.3 is 0 Å². The molecule has 0 fully saturated rings. The summed E-state index contributed by atoms with van der Waals surface area (Å²) in [6.45, 7) is 6.27. The topological polar surface area (TPSA) is 55.6 Å². The van der Waals surface area contributed by atoms with Crippen molar-refractivity contribution in [2.24, 2.45) is 5.10 Å². The van der Waals surface area contributed by atoms with Gasteiger partial charge in [0.05, 0.1) is 16.4 Å². The number of hydrazone groups is 1. The Hall–Kier alpha value is -4.39. The second-order valence-corrected chi connectivity index (χ2v) is 10.9. The Kier molecular flexibility index (Phi) is 9.37. The van der Waals surface area contributed by atoms with Gasteiger partial charge in [-0.25, -0.2) is 5.43 Å². The summed E-state index contributed by atoms with van der Waals surface area (Å²) in [6, 6.07) is 33.4. The maximum absolute atomic E-state index is 12.8. The van der Waals surface area contributed by atoms with Gasteiger partial charge in [-0.05, 0) is 101 Å². The number of benzene rings is 4. The van der Waals surface area contributed by atoms with Crippen LogP contribution in [0.25, 0.3) is 16.9 Å². The summed E-state index contributed by atoms with van der Waals surface area (Å²) in [5, 5.41) is 4.86. The first-order valence-electron chi connectivity index (χ1n) is 13.4. The van der Waals surface area contributed by atoms with Crippen LogP contribution in [0.4, 0.5) is 0 Å². The monoisotopic (exact) mass is 637 g/mol. The molecule has 5 aromatic rings. The summed E-state index contributed by atoms with van der Waals surface area (Å²) in [5.74, 6) is 0.417. The molecule has 5 rings (SSSR count). The average Bonchev–Trinajstić information content (AvgIpc) is 3.39. The highest BCUT2D eigenvalue weighted by molar-refractivity contribution is 9.10. The van der Waals surface area contributed by atoms with Crippen LogP contribution >= 0.6 is 27.5 Å². The maximum Gasteiger partial charge on any atom is 0.271 e. The molecule has 1 amide bonds. The highest BCUT2D eigenvalue weighted by Crippen LogP contribution is 2.33. The van der Waals surface area contributed by atoms with Crippen molar-refractivity contribution >= 4 is 39.7 Å². The summed E-state index contributed by atoms with van der Waals surface area (Å²) in [7, 11) is 0. The number of nitrogens with one attached hydrogen (secondary N) is 1. The lowest BCUT2D eigenvalue weighted by Crippen LogP contribution is -2.17. The van der Waals surface area contributed by atoms with Crippen molar-refractivity contribution in [3.63, 3.8) is 0 Å². The van der Waals surface area contributed by atoms with Gasteiger partial charge in [-0.3, -0.25) is 4.79 Å². The van der Waals surface area contributed by atoms with Gasteiger partial charge in [0.2, 0.25) is 0 Å². The number of aromatic nitrogens is 1. The normalized spacial score (nSPS) is 11.0. The van der Waals surface area contributed by atoms with Crippen molar-refractivity contribution in [3.8, 4) is 22.7 Å². The summed E-state index contributed by atoms with van der Waals surface area (Å²) < 4.78 is 9.07. The molecule has 1 aromatic heterocycles. The minimum atomic E-state index is -0.296. The number of nitrogens with zero attached hydrogens (tertiary/aromatic N) is 2. The quantitative estimate of drug-likeness (QED) is 0.0943. The lowest BCUT2D eigenvalue weighted by Gasteiger charge is -2.14. The van der Waals surface area contributed by atoms with E-state index >= 15 is 0 Å². The fraction of sp³-hybridized carbons (Fsp3) is 0.0857. The van der Waals surface area contributed by atoms with Crippen LogP contribution in [0.15, 0.2) is 125 Å². The number of hydrogen-bond acceptors (Lipinski definition) is 3. The Morgan fingerprint density at radius 3 is 2.45 bits per heavy atom. The number of halogens is 2. The summed E-state index contributed by atoms with van der Waals surface area (Å²) in [4.78, 5) is 12.8. The van der Waals surface area contributed by atoms with Crippen LogP contribution in [0.1, 0.15) is 32.7 Å². The minimum absolute atomic E-state index is 0.296. The Morgan fingerprint density at radius 2 is 1.71 bits per heavy atom. The highest BCUT2D eigenvalue weighted by atomic mass is 79.9. The van der Waals surface area contributed by atoms with E-state index in [4.69, 9.17) is 16.3 Å². The molecule has 0 bridgehead atoms. The zero-order chi connectivity index (χ0) is 29.5. The molecule has 0 saturated carbocycles. The number of hydrogen-bond donors (Lipinski definition) is 1. The number of ether oxygens (including phenoxy) is 1. The Balaban J connectivity index is 1.27. The summed E-state index contributed by atoms with van der Waals surface area (Å²) in [5.41, 5.74) is 10.1. The molecule has 0 atom stereocenters. The molecule has 1 N–H and O–H groups in total. The van der Waals surface area contributed by atoms with E-state index in [1.165, 1.54) is 0 Å². The van der Waals surface area contributed by atoms with Crippen LogP contribution in [-0.2, 0) is 13.0 Å². The fourth-order valence-electron chi connectivity index (χ4n) is 4.69. The predicted molar refractivity (Wildman–Crippen MR) is 175 cm³/mol. The number of allylic oxidation sites excluding steroid dienone is 1. The van der Waals surface area contributed by atoms with Crippen molar-refractivity contribution < 1.29 is 9.53 Å². The molecular weight excluding hydrogens is 610 g/mol. The smallest absolute Gasteiger partial charge is 0.271 e. The zero-order valence-corrected chi connectivity index (χ0v) is 25.4. The molecule has 4 aromatic carbocycles. The first-order chi connectivity index (χ1) is 20.4. The third kappa shape index (κ3) is 6.73. The van der Waals surface area contributed by atoms with Crippen molar-refractivity contribution in [1.82, 2.24) is 9.99 Å². The van der Waals surface area contributed by atoms with Crippen LogP contribution in [-0.4, -0.2) is 16.7 Å². The minimum Gasteiger partial charge on any atom is -0.487 e. The third-order valence-electron chi connectivity index (χ3n) is 6.75. The number of rotatable bonds is 10. The predicted octanol–water partition coefficient (Wildman–Crippen LogP) is 8.94. The van der Waals surface area contributed by atoms with Crippen LogP contribution in [0.2, 0.25) is 5.02 Å². The molecular formula is C35H29BrClN3O2. The molecule has 0 saturated heterocycles. The number of carbonyl (C=O) groups is 1. The van der Waals surface area contributed by atoms with Crippen molar-refractivity contribution in [1.29, 1.82) is 0 Å². The molecule has 7 heteroatoms.